The van der Waals surface area contributed by atoms with Gasteiger partial charge in [-0.05, 0) is 86.9 Å². The second kappa shape index (κ2) is 10.1. The Bertz CT molecular complexity index is 723. The van der Waals surface area contributed by atoms with E-state index in [1.807, 2.05) is 0 Å². The Morgan fingerprint density at radius 3 is 2.04 bits per heavy atom. The van der Waals surface area contributed by atoms with Crippen LogP contribution >= 0.6 is 0 Å². The SMILES string of the molecule is CCCN(CCC)C(Cc1ccc(C)cc1C)c1cc(C(C)C)ccc1C. The molecule has 1 heteroatoms. The molecule has 0 aliphatic heterocycles. The number of hydrogen-bond donors (Lipinski definition) is 0. The first-order valence-corrected chi connectivity index (χ1v) is 10.8. The molecule has 0 spiro atoms. The zero-order valence-electron chi connectivity index (χ0n) is 18.6. The first-order chi connectivity index (χ1) is 12.9. The predicted molar refractivity (Wildman–Crippen MR) is 120 cm³/mol. The molecule has 2 aromatic rings. The van der Waals surface area contributed by atoms with E-state index in [2.05, 4.69) is 89.8 Å². The first-order valence-electron chi connectivity index (χ1n) is 10.8. The topological polar surface area (TPSA) is 3.24 Å². The van der Waals surface area contributed by atoms with E-state index in [0.717, 1.165) is 19.5 Å². The molecule has 2 aromatic carbocycles. The molecule has 1 atom stereocenters. The highest BCUT2D eigenvalue weighted by atomic mass is 15.1. The number of rotatable bonds is 9. The Hall–Kier alpha value is -1.60. The summed E-state index contributed by atoms with van der Waals surface area (Å²) < 4.78 is 0. The summed E-state index contributed by atoms with van der Waals surface area (Å²) in [7, 11) is 0. The molecule has 0 aromatic heterocycles. The third-order valence-electron chi connectivity index (χ3n) is 5.70. The summed E-state index contributed by atoms with van der Waals surface area (Å²) in [5.74, 6) is 0.567. The zero-order valence-corrected chi connectivity index (χ0v) is 18.6. The van der Waals surface area contributed by atoms with Gasteiger partial charge in [0.2, 0.25) is 0 Å². The van der Waals surface area contributed by atoms with Crippen LogP contribution < -0.4 is 0 Å². The average molecular weight is 366 g/mol. The molecule has 0 fully saturated rings. The van der Waals surface area contributed by atoms with E-state index in [4.69, 9.17) is 0 Å². The van der Waals surface area contributed by atoms with E-state index in [0.29, 0.717) is 12.0 Å². The number of nitrogens with zero attached hydrogens (tertiary/aromatic N) is 1. The van der Waals surface area contributed by atoms with Gasteiger partial charge in [-0.1, -0.05) is 69.7 Å². The maximum Gasteiger partial charge on any atom is 0.0391 e. The molecule has 0 aliphatic carbocycles. The zero-order chi connectivity index (χ0) is 20.0. The summed E-state index contributed by atoms with van der Waals surface area (Å²) >= 11 is 0. The smallest absolute Gasteiger partial charge is 0.0391 e. The summed E-state index contributed by atoms with van der Waals surface area (Å²) in [4.78, 5) is 2.71. The molecule has 2 rings (SSSR count). The lowest BCUT2D eigenvalue weighted by atomic mass is 9.88. The lowest BCUT2D eigenvalue weighted by molar-refractivity contribution is 0.195. The van der Waals surface area contributed by atoms with Gasteiger partial charge in [0.1, 0.15) is 0 Å². The van der Waals surface area contributed by atoms with E-state index in [1.165, 1.54) is 46.2 Å². The van der Waals surface area contributed by atoms with Crippen LogP contribution in [0.5, 0.6) is 0 Å². The van der Waals surface area contributed by atoms with Gasteiger partial charge in [-0.3, -0.25) is 4.90 Å². The van der Waals surface area contributed by atoms with Gasteiger partial charge in [-0.15, -0.1) is 0 Å². The minimum absolute atomic E-state index is 0.449. The monoisotopic (exact) mass is 365 g/mol. The number of aryl methyl sites for hydroxylation is 3. The van der Waals surface area contributed by atoms with E-state index in [1.54, 1.807) is 0 Å². The van der Waals surface area contributed by atoms with Crippen molar-refractivity contribution in [1.82, 2.24) is 4.90 Å². The number of hydrogen-bond acceptors (Lipinski definition) is 1. The molecule has 1 unspecified atom stereocenters. The molecule has 0 saturated carbocycles. The maximum absolute atomic E-state index is 2.71. The van der Waals surface area contributed by atoms with E-state index in [9.17, 15) is 0 Å². The van der Waals surface area contributed by atoms with Crippen LogP contribution in [0.25, 0.3) is 0 Å². The lowest BCUT2D eigenvalue weighted by Gasteiger charge is -2.34. The summed E-state index contributed by atoms with van der Waals surface area (Å²) in [5.41, 5.74) is 8.65. The molecular weight excluding hydrogens is 326 g/mol. The average Bonchev–Trinajstić information content (AvgIpc) is 2.61. The molecular formula is C26H39N. The van der Waals surface area contributed by atoms with Crippen molar-refractivity contribution in [2.24, 2.45) is 0 Å². The second-order valence-corrected chi connectivity index (χ2v) is 8.46. The summed E-state index contributed by atoms with van der Waals surface area (Å²) in [6, 6.07) is 14.5. The van der Waals surface area contributed by atoms with Crippen molar-refractivity contribution in [3.05, 3.63) is 69.8 Å². The molecule has 0 saturated heterocycles. The van der Waals surface area contributed by atoms with Crippen molar-refractivity contribution < 1.29 is 0 Å². The summed E-state index contributed by atoms with van der Waals surface area (Å²) in [5, 5.41) is 0. The molecule has 0 N–H and O–H groups in total. The molecule has 27 heavy (non-hydrogen) atoms. The fourth-order valence-corrected chi connectivity index (χ4v) is 4.09. The third kappa shape index (κ3) is 5.69. The van der Waals surface area contributed by atoms with E-state index in [-0.39, 0.29) is 0 Å². The Balaban J connectivity index is 2.50. The van der Waals surface area contributed by atoms with Crippen molar-refractivity contribution in [3.8, 4) is 0 Å². The van der Waals surface area contributed by atoms with Crippen molar-refractivity contribution in [2.45, 2.75) is 79.7 Å². The van der Waals surface area contributed by atoms with Crippen LogP contribution in [0.2, 0.25) is 0 Å². The fourth-order valence-electron chi connectivity index (χ4n) is 4.09. The molecule has 0 radical (unpaired) electrons. The van der Waals surface area contributed by atoms with E-state index >= 15 is 0 Å². The van der Waals surface area contributed by atoms with Crippen LogP contribution in [0.1, 0.15) is 85.9 Å². The van der Waals surface area contributed by atoms with Crippen LogP contribution in [0.15, 0.2) is 36.4 Å². The number of benzene rings is 2. The van der Waals surface area contributed by atoms with Crippen LogP contribution in [0.4, 0.5) is 0 Å². The molecule has 0 aliphatic rings. The minimum Gasteiger partial charge on any atom is -0.296 e. The largest absolute Gasteiger partial charge is 0.296 e. The van der Waals surface area contributed by atoms with Gasteiger partial charge < -0.3 is 0 Å². The molecule has 148 valence electrons. The molecule has 0 heterocycles. The molecule has 0 amide bonds. The van der Waals surface area contributed by atoms with Gasteiger partial charge in [-0.25, -0.2) is 0 Å². The van der Waals surface area contributed by atoms with E-state index < -0.39 is 0 Å². The quantitative estimate of drug-likeness (QED) is 0.456. The Morgan fingerprint density at radius 2 is 1.48 bits per heavy atom. The Labute approximate surface area is 167 Å². The summed E-state index contributed by atoms with van der Waals surface area (Å²) in [6.45, 7) is 18.2. The fraction of sp³-hybridized carbons (Fsp3) is 0.538. The van der Waals surface area contributed by atoms with Crippen LogP contribution in [0.3, 0.4) is 0 Å². The Morgan fingerprint density at radius 1 is 0.815 bits per heavy atom. The van der Waals surface area contributed by atoms with Gasteiger partial charge in [0.05, 0.1) is 0 Å². The van der Waals surface area contributed by atoms with Crippen LogP contribution in [-0.2, 0) is 6.42 Å². The highest BCUT2D eigenvalue weighted by Crippen LogP contribution is 2.31. The maximum atomic E-state index is 2.71. The van der Waals surface area contributed by atoms with Gasteiger partial charge in [0.25, 0.3) is 0 Å². The normalized spacial score (nSPS) is 12.8. The van der Waals surface area contributed by atoms with Crippen molar-refractivity contribution in [2.75, 3.05) is 13.1 Å². The standard InChI is InChI=1S/C26H39N/c1-8-14-27(15-9-2)26(18-24-12-10-20(5)16-22(24)7)25-17-23(19(3)4)13-11-21(25)6/h10-13,16-17,19,26H,8-9,14-15,18H2,1-7H3. The highest BCUT2D eigenvalue weighted by molar-refractivity contribution is 5.38. The first kappa shape index (κ1) is 21.7. The molecule has 1 nitrogen and oxygen atoms in total. The van der Waals surface area contributed by atoms with Crippen molar-refractivity contribution in [3.63, 3.8) is 0 Å². The third-order valence-corrected chi connectivity index (χ3v) is 5.70. The second-order valence-electron chi connectivity index (χ2n) is 8.46. The summed E-state index contributed by atoms with van der Waals surface area (Å²) in [6.07, 6.45) is 3.49. The highest BCUT2D eigenvalue weighted by Gasteiger charge is 2.23. The van der Waals surface area contributed by atoms with Crippen LogP contribution in [0, 0.1) is 20.8 Å². The minimum atomic E-state index is 0.449. The lowest BCUT2D eigenvalue weighted by Crippen LogP contribution is -2.32. The van der Waals surface area contributed by atoms with Crippen molar-refractivity contribution >= 4 is 0 Å². The molecule has 0 bridgehead atoms. The van der Waals surface area contributed by atoms with Gasteiger partial charge in [-0.2, -0.15) is 0 Å². The predicted octanol–water partition coefficient (Wildman–Crippen LogP) is 7.14. The van der Waals surface area contributed by atoms with Crippen molar-refractivity contribution in [1.29, 1.82) is 0 Å². The van der Waals surface area contributed by atoms with Crippen LogP contribution in [-0.4, -0.2) is 18.0 Å². The van der Waals surface area contributed by atoms with Gasteiger partial charge in [0.15, 0.2) is 0 Å². The van der Waals surface area contributed by atoms with Gasteiger partial charge >= 0.3 is 0 Å². The Kier molecular flexibility index (Phi) is 8.10. The van der Waals surface area contributed by atoms with Gasteiger partial charge in [0, 0.05) is 6.04 Å².